The normalized spacial score (nSPS) is 10.7. The van der Waals surface area contributed by atoms with Crippen LogP contribution < -0.4 is 11.1 Å². The summed E-state index contributed by atoms with van der Waals surface area (Å²) in [6, 6.07) is 5.57. The minimum Gasteiger partial charge on any atom is -0.389 e. The van der Waals surface area contributed by atoms with Crippen molar-refractivity contribution >= 4 is 34.5 Å². The van der Waals surface area contributed by atoms with E-state index in [0.717, 1.165) is 43.9 Å². The Morgan fingerprint density at radius 3 is 2.63 bits per heavy atom. The molecule has 19 heavy (non-hydrogen) atoms. The molecule has 1 rings (SSSR count). The minimum absolute atomic E-state index is 0.369. The number of thiocarbonyl (C=S) groups is 1. The van der Waals surface area contributed by atoms with Crippen LogP contribution in [0.25, 0.3) is 0 Å². The predicted octanol–water partition coefficient (Wildman–Crippen LogP) is 3.12. The fourth-order valence-electron chi connectivity index (χ4n) is 1.94. The summed E-state index contributed by atoms with van der Waals surface area (Å²) >= 11 is 11.0. The Hall–Kier alpha value is -0.840. The quantitative estimate of drug-likeness (QED) is 0.572. The average molecular weight is 300 g/mol. The summed E-state index contributed by atoms with van der Waals surface area (Å²) in [5.41, 5.74) is 7.47. The molecule has 1 aromatic rings. The lowest BCUT2D eigenvalue weighted by Crippen LogP contribution is -2.25. The number of halogens is 1. The van der Waals surface area contributed by atoms with Crippen LogP contribution in [0.1, 0.15) is 25.8 Å². The fourth-order valence-corrected chi connectivity index (χ4v) is 2.28. The van der Waals surface area contributed by atoms with E-state index in [2.05, 4.69) is 24.1 Å². The molecular weight excluding hydrogens is 278 g/mol. The fraction of sp³-hybridized carbons (Fsp3) is 0.500. The zero-order chi connectivity index (χ0) is 14.3. The van der Waals surface area contributed by atoms with Crippen LogP contribution in [-0.4, -0.2) is 36.1 Å². The summed E-state index contributed by atoms with van der Waals surface area (Å²) in [5, 5.41) is 4.02. The van der Waals surface area contributed by atoms with Gasteiger partial charge in [0, 0.05) is 22.8 Å². The lowest BCUT2D eigenvalue weighted by Gasteiger charge is -2.18. The zero-order valence-corrected chi connectivity index (χ0v) is 13.2. The molecule has 0 radical (unpaired) electrons. The number of hydrogen-bond acceptors (Lipinski definition) is 3. The second-order valence-corrected chi connectivity index (χ2v) is 5.24. The van der Waals surface area contributed by atoms with Gasteiger partial charge in [-0.25, -0.2) is 0 Å². The van der Waals surface area contributed by atoms with Gasteiger partial charge in [-0.1, -0.05) is 37.7 Å². The van der Waals surface area contributed by atoms with Gasteiger partial charge in [-0.3, -0.25) is 0 Å². The van der Waals surface area contributed by atoms with Crippen molar-refractivity contribution in [1.29, 1.82) is 0 Å². The van der Waals surface area contributed by atoms with Crippen molar-refractivity contribution in [2.24, 2.45) is 5.73 Å². The maximum absolute atomic E-state index is 5.95. The van der Waals surface area contributed by atoms with E-state index in [1.54, 1.807) is 6.07 Å². The Morgan fingerprint density at radius 1 is 1.37 bits per heavy atom. The van der Waals surface area contributed by atoms with E-state index in [1.807, 2.05) is 12.1 Å². The number of benzene rings is 1. The summed E-state index contributed by atoms with van der Waals surface area (Å²) in [5.74, 6) is 0. The first-order valence-corrected chi connectivity index (χ1v) is 7.42. The van der Waals surface area contributed by atoms with E-state index in [4.69, 9.17) is 29.6 Å². The first kappa shape index (κ1) is 16.2. The molecule has 0 saturated carbocycles. The van der Waals surface area contributed by atoms with Crippen molar-refractivity contribution in [2.75, 3.05) is 31.5 Å². The second kappa shape index (κ2) is 8.35. The van der Waals surface area contributed by atoms with Gasteiger partial charge in [-0.2, -0.15) is 0 Å². The number of nitrogens with one attached hydrogen (secondary N) is 1. The summed E-state index contributed by atoms with van der Waals surface area (Å²) < 4.78 is 0. The molecule has 0 aromatic heterocycles. The van der Waals surface area contributed by atoms with Gasteiger partial charge < -0.3 is 16.0 Å². The van der Waals surface area contributed by atoms with Crippen LogP contribution in [0.5, 0.6) is 0 Å². The molecule has 0 bridgehead atoms. The molecule has 106 valence electrons. The lowest BCUT2D eigenvalue weighted by atomic mass is 10.1. The van der Waals surface area contributed by atoms with Crippen molar-refractivity contribution in [1.82, 2.24) is 4.90 Å². The number of nitrogens with two attached hydrogens (primary N) is 1. The molecule has 0 amide bonds. The maximum atomic E-state index is 5.95. The van der Waals surface area contributed by atoms with Gasteiger partial charge in [-0.15, -0.1) is 0 Å². The molecule has 0 aliphatic carbocycles. The molecular formula is C14H22ClN3S. The van der Waals surface area contributed by atoms with Crippen LogP contribution in [0.4, 0.5) is 5.69 Å². The summed E-state index contributed by atoms with van der Waals surface area (Å²) in [6.07, 6.45) is 1.08. The summed E-state index contributed by atoms with van der Waals surface area (Å²) in [6.45, 7) is 8.54. The van der Waals surface area contributed by atoms with E-state index in [9.17, 15) is 0 Å². The van der Waals surface area contributed by atoms with Gasteiger partial charge >= 0.3 is 0 Å². The third kappa shape index (κ3) is 5.35. The SMILES string of the molecule is CCN(CC)CCCNc1ccc(Cl)cc1C(N)=S. The molecule has 1 aromatic carbocycles. The van der Waals surface area contributed by atoms with Gasteiger partial charge in [0.2, 0.25) is 0 Å². The Balaban J connectivity index is 2.51. The molecule has 0 heterocycles. The monoisotopic (exact) mass is 299 g/mol. The topological polar surface area (TPSA) is 41.3 Å². The number of rotatable bonds is 8. The van der Waals surface area contributed by atoms with Gasteiger partial charge in [0.15, 0.2) is 0 Å². The maximum Gasteiger partial charge on any atom is 0.106 e. The third-order valence-electron chi connectivity index (χ3n) is 3.11. The number of hydrogen-bond donors (Lipinski definition) is 2. The van der Waals surface area contributed by atoms with Gasteiger partial charge in [0.1, 0.15) is 4.99 Å². The second-order valence-electron chi connectivity index (χ2n) is 4.36. The van der Waals surface area contributed by atoms with Crippen molar-refractivity contribution < 1.29 is 0 Å². The number of anilines is 1. The first-order chi connectivity index (χ1) is 9.08. The van der Waals surface area contributed by atoms with Gasteiger partial charge in [0.05, 0.1) is 0 Å². The number of nitrogens with zero attached hydrogens (tertiary/aromatic N) is 1. The minimum atomic E-state index is 0.369. The molecule has 3 nitrogen and oxygen atoms in total. The first-order valence-electron chi connectivity index (χ1n) is 6.64. The molecule has 0 aliphatic rings. The summed E-state index contributed by atoms with van der Waals surface area (Å²) in [4.78, 5) is 2.77. The molecule has 0 unspecified atom stereocenters. The van der Waals surface area contributed by atoms with Crippen LogP contribution in [0.15, 0.2) is 18.2 Å². The Labute approximate surface area is 126 Å². The highest BCUT2D eigenvalue weighted by Gasteiger charge is 2.06. The predicted molar refractivity (Wildman–Crippen MR) is 88.2 cm³/mol. The smallest absolute Gasteiger partial charge is 0.106 e. The molecule has 3 N–H and O–H groups in total. The van der Waals surface area contributed by atoms with E-state index in [1.165, 1.54) is 0 Å². The molecule has 0 saturated heterocycles. The van der Waals surface area contributed by atoms with Crippen LogP contribution in [0.2, 0.25) is 5.02 Å². The Morgan fingerprint density at radius 2 is 2.05 bits per heavy atom. The van der Waals surface area contributed by atoms with E-state index in [-0.39, 0.29) is 0 Å². The van der Waals surface area contributed by atoms with Crippen molar-refractivity contribution in [3.63, 3.8) is 0 Å². The standard InChI is InChI=1S/C14H22ClN3S/c1-3-18(4-2)9-5-8-17-13-7-6-11(15)10-12(13)14(16)19/h6-7,10,17H,3-5,8-9H2,1-2H3,(H2,16,19). The molecule has 0 fully saturated rings. The lowest BCUT2D eigenvalue weighted by molar-refractivity contribution is 0.303. The zero-order valence-electron chi connectivity index (χ0n) is 11.6. The largest absolute Gasteiger partial charge is 0.389 e. The third-order valence-corrected chi connectivity index (χ3v) is 3.56. The summed E-state index contributed by atoms with van der Waals surface area (Å²) in [7, 11) is 0. The van der Waals surface area contributed by atoms with E-state index in [0.29, 0.717) is 10.0 Å². The van der Waals surface area contributed by atoms with Crippen LogP contribution >= 0.6 is 23.8 Å². The average Bonchev–Trinajstić information content (AvgIpc) is 2.40. The van der Waals surface area contributed by atoms with Gasteiger partial charge in [-0.05, 0) is 44.3 Å². The molecule has 0 atom stereocenters. The highest BCUT2D eigenvalue weighted by Crippen LogP contribution is 2.20. The van der Waals surface area contributed by atoms with E-state index < -0.39 is 0 Å². The highest BCUT2D eigenvalue weighted by atomic mass is 35.5. The van der Waals surface area contributed by atoms with Crippen LogP contribution in [0.3, 0.4) is 0 Å². The van der Waals surface area contributed by atoms with Crippen LogP contribution in [-0.2, 0) is 0 Å². The van der Waals surface area contributed by atoms with Crippen molar-refractivity contribution in [3.8, 4) is 0 Å². The van der Waals surface area contributed by atoms with E-state index >= 15 is 0 Å². The molecule has 0 aliphatic heterocycles. The molecule has 5 heteroatoms. The molecule has 0 spiro atoms. The van der Waals surface area contributed by atoms with Crippen LogP contribution in [0, 0.1) is 0 Å². The highest BCUT2D eigenvalue weighted by molar-refractivity contribution is 7.80. The Bertz CT molecular complexity index is 419. The van der Waals surface area contributed by atoms with Crippen molar-refractivity contribution in [3.05, 3.63) is 28.8 Å². The Kier molecular flexibility index (Phi) is 7.13. The van der Waals surface area contributed by atoms with Crippen molar-refractivity contribution in [2.45, 2.75) is 20.3 Å². The van der Waals surface area contributed by atoms with Gasteiger partial charge in [0.25, 0.3) is 0 Å².